The van der Waals surface area contributed by atoms with Gasteiger partial charge in [0.25, 0.3) is 5.56 Å². The summed E-state index contributed by atoms with van der Waals surface area (Å²) >= 11 is 0. The second-order valence-electron chi connectivity index (χ2n) is 5.61. The quantitative estimate of drug-likeness (QED) is 0.742. The first-order valence-corrected chi connectivity index (χ1v) is 6.58. The third-order valence-corrected chi connectivity index (χ3v) is 3.60. The van der Waals surface area contributed by atoms with Crippen LogP contribution in [0.2, 0.25) is 0 Å². The van der Waals surface area contributed by atoms with Crippen LogP contribution >= 0.6 is 0 Å². The number of nitrogens with one attached hydrogen (secondary N) is 2. The Morgan fingerprint density at radius 1 is 1.21 bits per heavy atom. The van der Waals surface area contributed by atoms with Gasteiger partial charge in [0.1, 0.15) is 11.5 Å². The van der Waals surface area contributed by atoms with E-state index in [2.05, 4.69) is 38.0 Å². The maximum atomic E-state index is 11.8. The van der Waals surface area contributed by atoms with Crippen molar-refractivity contribution in [2.45, 2.75) is 27.7 Å². The molecule has 0 unspecified atom stereocenters. The first kappa shape index (κ1) is 15.3. The Bertz CT molecular complexity index is 535. The monoisotopic (exact) mass is 268 g/mol. The Labute approximate surface area is 113 Å². The summed E-state index contributed by atoms with van der Waals surface area (Å²) in [5.41, 5.74) is 5.11. The first-order valence-electron chi connectivity index (χ1n) is 6.58. The molecule has 0 fully saturated rings. The van der Waals surface area contributed by atoms with Gasteiger partial charge in [-0.2, -0.15) is 0 Å². The molecule has 0 aliphatic carbocycles. The molecule has 4 N–H and O–H groups in total. The molecule has 0 aliphatic heterocycles. The van der Waals surface area contributed by atoms with Crippen LogP contribution < -0.4 is 22.3 Å². The molecule has 0 radical (unpaired) electrons. The van der Waals surface area contributed by atoms with E-state index in [1.54, 1.807) is 0 Å². The molecule has 0 atom stereocenters. The second kappa shape index (κ2) is 5.95. The summed E-state index contributed by atoms with van der Waals surface area (Å²) in [4.78, 5) is 25.4. The smallest absolute Gasteiger partial charge is 0.329 e. The normalized spacial score (nSPS) is 11.6. The van der Waals surface area contributed by atoms with Gasteiger partial charge in [0.2, 0.25) is 0 Å². The van der Waals surface area contributed by atoms with Gasteiger partial charge in [-0.25, -0.2) is 4.79 Å². The van der Waals surface area contributed by atoms with Gasteiger partial charge >= 0.3 is 5.69 Å². The molecule has 6 nitrogen and oxygen atoms in total. The molecule has 1 rings (SSSR count). The Hall–Kier alpha value is -1.72. The largest absolute Gasteiger partial charge is 0.383 e. The maximum Gasteiger partial charge on any atom is 0.329 e. The molecule has 0 saturated heterocycles. The third-order valence-electron chi connectivity index (χ3n) is 3.60. The van der Waals surface area contributed by atoms with E-state index in [1.807, 2.05) is 0 Å². The molecule has 0 amide bonds. The molecule has 0 aromatic carbocycles. The van der Waals surface area contributed by atoms with Crippen LogP contribution in [0, 0.1) is 17.8 Å². The molecule has 6 heteroatoms. The van der Waals surface area contributed by atoms with Gasteiger partial charge in [-0.1, -0.05) is 27.7 Å². The van der Waals surface area contributed by atoms with Gasteiger partial charge < -0.3 is 11.1 Å². The van der Waals surface area contributed by atoms with Gasteiger partial charge in [0.15, 0.2) is 0 Å². The van der Waals surface area contributed by atoms with E-state index in [9.17, 15) is 9.59 Å². The fraction of sp³-hybridized carbons (Fsp3) is 0.692. The number of anilines is 2. The summed E-state index contributed by atoms with van der Waals surface area (Å²) in [5, 5.41) is 3.08. The van der Waals surface area contributed by atoms with Crippen molar-refractivity contribution >= 4 is 11.5 Å². The van der Waals surface area contributed by atoms with Crippen LogP contribution in [0.25, 0.3) is 0 Å². The van der Waals surface area contributed by atoms with Gasteiger partial charge in [-0.3, -0.25) is 14.3 Å². The van der Waals surface area contributed by atoms with Crippen molar-refractivity contribution in [1.82, 2.24) is 9.55 Å². The summed E-state index contributed by atoms with van der Waals surface area (Å²) in [7, 11) is 1.53. The van der Waals surface area contributed by atoms with E-state index < -0.39 is 11.2 Å². The Morgan fingerprint density at radius 3 is 2.21 bits per heavy atom. The Balaban J connectivity index is 2.98. The molecule has 1 heterocycles. The number of aromatic amines is 1. The van der Waals surface area contributed by atoms with Crippen molar-refractivity contribution in [3.05, 3.63) is 20.8 Å². The number of hydrogen-bond donors (Lipinski definition) is 3. The minimum Gasteiger partial charge on any atom is -0.383 e. The summed E-state index contributed by atoms with van der Waals surface area (Å²) in [6.07, 6.45) is 0. The minimum atomic E-state index is -0.502. The molecule has 1 aromatic heterocycles. The third kappa shape index (κ3) is 3.39. The first-order chi connectivity index (χ1) is 8.75. The highest BCUT2D eigenvalue weighted by atomic mass is 16.2. The highest BCUT2D eigenvalue weighted by Gasteiger charge is 2.18. The SMILES string of the molecule is CC(C)C(CNc1c(N)n(C)c(=O)[nH]c1=O)C(C)C. The summed E-state index contributed by atoms with van der Waals surface area (Å²) < 4.78 is 1.23. The number of nitrogens with two attached hydrogens (primary N) is 1. The van der Waals surface area contributed by atoms with Crippen LogP contribution in [0.5, 0.6) is 0 Å². The standard InChI is InChI=1S/C13H24N4O2/c1-7(2)9(8(3)4)6-15-10-11(14)17(5)13(19)16-12(10)18/h7-9,15H,6,14H2,1-5H3,(H,16,18,19). The fourth-order valence-electron chi connectivity index (χ4n) is 2.27. The summed E-state index contributed by atoms with van der Waals surface area (Å²) in [6, 6.07) is 0. The van der Waals surface area contributed by atoms with Gasteiger partial charge in [-0.05, 0) is 17.8 Å². The predicted molar refractivity (Wildman–Crippen MR) is 78.4 cm³/mol. The molecular weight excluding hydrogens is 244 g/mol. The van der Waals surface area contributed by atoms with Crippen molar-refractivity contribution in [3.8, 4) is 0 Å². The average Bonchev–Trinajstić information content (AvgIpc) is 2.29. The molecule has 0 bridgehead atoms. The van der Waals surface area contributed by atoms with Crippen LogP contribution in [0.15, 0.2) is 9.59 Å². The van der Waals surface area contributed by atoms with E-state index in [1.165, 1.54) is 11.6 Å². The number of nitrogens with zero attached hydrogens (tertiary/aromatic N) is 1. The molecule has 1 aromatic rings. The molecular formula is C13H24N4O2. The number of nitrogen functional groups attached to an aromatic ring is 1. The molecule has 0 saturated carbocycles. The van der Waals surface area contributed by atoms with Crippen LogP contribution in [0.4, 0.5) is 11.5 Å². The van der Waals surface area contributed by atoms with Crippen molar-refractivity contribution in [3.63, 3.8) is 0 Å². The van der Waals surface area contributed by atoms with E-state index in [-0.39, 0.29) is 11.5 Å². The van der Waals surface area contributed by atoms with Crippen molar-refractivity contribution in [2.75, 3.05) is 17.6 Å². The zero-order valence-corrected chi connectivity index (χ0v) is 12.3. The zero-order chi connectivity index (χ0) is 14.7. The number of aromatic nitrogens is 2. The highest BCUT2D eigenvalue weighted by molar-refractivity contribution is 5.60. The van der Waals surface area contributed by atoms with Crippen molar-refractivity contribution in [1.29, 1.82) is 0 Å². The molecule has 0 aliphatic rings. The lowest BCUT2D eigenvalue weighted by molar-refractivity contribution is 0.304. The van der Waals surface area contributed by atoms with E-state index in [0.717, 1.165) is 0 Å². The average molecular weight is 268 g/mol. The van der Waals surface area contributed by atoms with E-state index in [0.29, 0.717) is 24.3 Å². The summed E-state index contributed by atoms with van der Waals surface area (Å²) in [5.74, 6) is 1.59. The Kier molecular flexibility index (Phi) is 4.80. The molecule has 19 heavy (non-hydrogen) atoms. The predicted octanol–water partition coefficient (Wildman–Crippen LogP) is 0.996. The molecule has 108 valence electrons. The van der Waals surface area contributed by atoms with Crippen molar-refractivity contribution in [2.24, 2.45) is 24.8 Å². The van der Waals surface area contributed by atoms with E-state index in [4.69, 9.17) is 5.73 Å². The van der Waals surface area contributed by atoms with E-state index >= 15 is 0 Å². The van der Waals surface area contributed by atoms with Gasteiger partial charge in [-0.15, -0.1) is 0 Å². The second-order valence-corrected chi connectivity index (χ2v) is 5.61. The topological polar surface area (TPSA) is 92.9 Å². The highest BCUT2D eigenvalue weighted by Crippen LogP contribution is 2.21. The number of rotatable bonds is 5. The van der Waals surface area contributed by atoms with Crippen LogP contribution in [-0.2, 0) is 7.05 Å². The lowest BCUT2D eigenvalue weighted by Crippen LogP contribution is -2.34. The number of hydrogen-bond acceptors (Lipinski definition) is 4. The van der Waals surface area contributed by atoms with Gasteiger partial charge in [0.05, 0.1) is 0 Å². The molecule has 0 spiro atoms. The zero-order valence-electron chi connectivity index (χ0n) is 12.3. The number of H-pyrrole nitrogens is 1. The maximum absolute atomic E-state index is 11.8. The Morgan fingerprint density at radius 2 is 1.74 bits per heavy atom. The van der Waals surface area contributed by atoms with Crippen LogP contribution in [0.1, 0.15) is 27.7 Å². The van der Waals surface area contributed by atoms with Gasteiger partial charge in [0, 0.05) is 13.6 Å². The lowest BCUT2D eigenvalue weighted by Gasteiger charge is -2.25. The minimum absolute atomic E-state index is 0.167. The fourth-order valence-corrected chi connectivity index (χ4v) is 2.27. The summed E-state index contributed by atoms with van der Waals surface area (Å²) in [6.45, 7) is 9.27. The van der Waals surface area contributed by atoms with Crippen molar-refractivity contribution < 1.29 is 0 Å². The van der Waals surface area contributed by atoms with Crippen LogP contribution in [-0.4, -0.2) is 16.1 Å². The lowest BCUT2D eigenvalue weighted by atomic mass is 9.85. The van der Waals surface area contributed by atoms with Crippen LogP contribution in [0.3, 0.4) is 0 Å².